The predicted octanol–water partition coefficient (Wildman–Crippen LogP) is 5.05. The molecule has 2 aromatic carbocycles. The van der Waals surface area contributed by atoms with Crippen molar-refractivity contribution in [3.8, 4) is 22.8 Å². The minimum Gasteiger partial charge on any atom is -0.492 e. The SMILES string of the molecule is O=C(NCc1cccc(OC(F)(F)F)c1-c1ccccn1)C1CCN(CCOc2ccccc2)CC1. The van der Waals surface area contributed by atoms with Crippen molar-refractivity contribution in [3.63, 3.8) is 0 Å². The third-order valence-corrected chi connectivity index (χ3v) is 6.09. The van der Waals surface area contributed by atoms with Gasteiger partial charge in [-0.1, -0.05) is 36.4 Å². The maximum Gasteiger partial charge on any atom is 0.573 e. The van der Waals surface area contributed by atoms with E-state index in [0.717, 1.165) is 25.4 Å². The van der Waals surface area contributed by atoms with E-state index < -0.39 is 6.36 Å². The Hall–Kier alpha value is -3.59. The Morgan fingerprint density at radius 1 is 1.00 bits per heavy atom. The van der Waals surface area contributed by atoms with Crippen LogP contribution in [0.3, 0.4) is 0 Å². The highest BCUT2D eigenvalue weighted by atomic mass is 19.4. The van der Waals surface area contributed by atoms with E-state index in [1.165, 1.54) is 18.3 Å². The van der Waals surface area contributed by atoms with Gasteiger partial charge in [0.25, 0.3) is 0 Å². The molecule has 1 fully saturated rings. The van der Waals surface area contributed by atoms with Crippen LogP contribution in [-0.2, 0) is 11.3 Å². The first-order chi connectivity index (χ1) is 17.4. The zero-order valence-electron chi connectivity index (χ0n) is 19.7. The van der Waals surface area contributed by atoms with Crippen LogP contribution in [0.15, 0.2) is 72.9 Å². The number of nitrogens with one attached hydrogen (secondary N) is 1. The van der Waals surface area contributed by atoms with Gasteiger partial charge < -0.3 is 14.8 Å². The summed E-state index contributed by atoms with van der Waals surface area (Å²) in [6.07, 6.45) is -1.92. The number of piperidine rings is 1. The first-order valence-electron chi connectivity index (χ1n) is 11.9. The van der Waals surface area contributed by atoms with Crippen molar-refractivity contribution >= 4 is 5.91 Å². The number of aromatic nitrogens is 1. The molecule has 0 unspecified atom stereocenters. The lowest BCUT2D eigenvalue weighted by molar-refractivity contribution is -0.274. The summed E-state index contributed by atoms with van der Waals surface area (Å²) in [5, 5.41) is 2.90. The molecule has 1 aliphatic rings. The quantitative estimate of drug-likeness (QED) is 0.446. The molecular weight excluding hydrogens is 471 g/mol. The average Bonchev–Trinajstić information content (AvgIpc) is 2.88. The smallest absolute Gasteiger partial charge is 0.492 e. The van der Waals surface area contributed by atoms with Crippen LogP contribution < -0.4 is 14.8 Å². The number of para-hydroxylation sites is 1. The van der Waals surface area contributed by atoms with E-state index in [0.29, 0.717) is 30.7 Å². The third kappa shape index (κ3) is 7.21. The number of amides is 1. The van der Waals surface area contributed by atoms with Crippen LogP contribution in [0.2, 0.25) is 0 Å². The summed E-state index contributed by atoms with van der Waals surface area (Å²) >= 11 is 0. The molecular formula is C27H28F3N3O3. The molecule has 0 atom stereocenters. The number of pyridine rings is 1. The molecule has 0 aliphatic carbocycles. The second kappa shape index (κ2) is 11.9. The van der Waals surface area contributed by atoms with E-state index in [-0.39, 0.29) is 29.7 Å². The number of likely N-dealkylation sites (tertiary alicyclic amines) is 1. The third-order valence-electron chi connectivity index (χ3n) is 6.09. The van der Waals surface area contributed by atoms with E-state index in [1.807, 2.05) is 30.3 Å². The van der Waals surface area contributed by atoms with Crippen molar-refractivity contribution in [2.24, 2.45) is 5.92 Å². The van der Waals surface area contributed by atoms with E-state index in [4.69, 9.17) is 4.74 Å². The van der Waals surface area contributed by atoms with Crippen LogP contribution in [0.25, 0.3) is 11.3 Å². The molecule has 4 rings (SSSR count). The van der Waals surface area contributed by atoms with Crippen molar-refractivity contribution in [3.05, 3.63) is 78.5 Å². The Bertz CT molecular complexity index is 1120. The van der Waals surface area contributed by atoms with Gasteiger partial charge in [-0.15, -0.1) is 13.2 Å². The fourth-order valence-electron chi connectivity index (χ4n) is 4.29. The molecule has 0 saturated carbocycles. The van der Waals surface area contributed by atoms with Gasteiger partial charge >= 0.3 is 6.36 Å². The van der Waals surface area contributed by atoms with Gasteiger partial charge in [0.15, 0.2) is 0 Å². The van der Waals surface area contributed by atoms with Crippen molar-refractivity contribution in [2.75, 3.05) is 26.2 Å². The molecule has 0 bridgehead atoms. The highest BCUT2D eigenvalue weighted by Crippen LogP contribution is 2.35. The lowest BCUT2D eigenvalue weighted by Gasteiger charge is -2.31. The minimum absolute atomic E-state index is 0.0743. The number of nitrogens with zero attached hydrogens (tertiary/aromatic N) is 2. The van der Waals surface area contributed by atoms with E-state index in [1.54, 1.807) is 24.3 Å². The summed E-state index contributed by atoms with van der Waals surface area (Å²) in [4.78, 5) is 19.3. The monoisotopic (exact) mass is 499 g/mol. The van der Waals surface area contributed by atoms with Crippen molar-refractivity contribution in [1.29, 1.82) is 0 Å². The number of alkyl halides is 3. The second-order valence-corrected chi connectivity index (χ2v) is 8.55. The number of carbonyl (C=O) groups is 1. The van der Waals surface area contributed by atoms with Crippen molar-refractivity contribution in [1.82, 2.24) is 15.2 Å². The first kappa shape index (κ1) is 25.5. The molecule has 2 heterocycles. The highest BCUT2D eigenvalue weighted by molar-refractivity contribution is 5.79. The Morgan fingerprint density at radius 3 is 2.44 bits per heavy atom. The standard InChI is InChI=1S/C27H28F3N3O3/c28-27(29,30)36-24-11-6-7-21(25(24)23-10-4-5-14-31-23)19-32-26(34)20-12-15-33(16-13-20)17-18-35-22-8-2-1-3-9-22/h1-11,14,20H,12-13,15-19H2,(H,32,34). The van der Waals surface area contributed by atoms with Crippen LogP contribution >= 0.6 is 0 Å². The van der Waals surface area contributed by atoms with Crippen LogP contribution in [0.1, 0.15) is 18.4 Å². The summed E-state index contributed by atoms with van der Waals surface area (Å²) in [5.74, 6) is 0.231. The molecule has 6 nitrogen and oxygen atoms in total. The molecule has 0 radical (unpaired) electrons. The molecule has 1 amide bonds. The zero-order valence-corrected chi connectivity index (χ0v) is 19.7. The van der Waals surface area contributed by atoms with Gasteiger partial charge in [0, 0.05) is 30.8 Å². The van der Waals surface area contributed by atoms with Gasteiger partial charge in [0.05, 0.1) is 5.69 Å². The lowest BCUT2D eigenvalue weighted by atomic mass is 9.95. The lowest BCUT2D eigenvalue weighted by Crippen LogP contribution is -2.41. The maximum atomic E-state index is 13.0. The van der Waals surface area contributed by atoms with E-state index in [9.17, 15) is 18.0 Å². The molecule has 1 N–H and O–H groups in total. The van der Waals surface area contributed by atoms with Crippen molar-refractivity contribution in [2.45, 2.75) is 25.7 Å². The number of hydrogen-bond acceptors (Lipinski definition) is 5. The molecule has 9 heteroatoms. The molecule has 1 aromatic heterocycles. The van der Waals surface area contributed by atoms with Gasteiger partial charge in [-0.2, -0.15) is 0 Å². The van der Waals surface area contributed by atoms with Gasteiger partial charge in [0.2, 0.25) is 5.91 Å². The summed E-state index contributed by atoms with van der Waals surface area (Å²) < 4.78 is 49.0. The highest BCUT2D eigenvalue weighted by Gasteiger charge is 2.33. The molecule has 190 valence electrons. The van der Waals surface area contributed by atoms with Crippen molar-refractivity contribution < 1.29 is 27.4 Å². The van der Waals surface area contributed by atoms with Gasteiger partial charge in [-0.3, -0.25) is 14.7 Å². The second-order valence-electron chi connectivity index (χ2n) is 8.55. The Balaban J connectivity index is 1.32. The minimum atomic E-state index is -4.84. The molecule has 1 saturated heterocycles. The maximum absolute atomic E-state index is 13.0. The van der Waals surface area contributed by atoms with Gasteiger partial charge in [0.1, 0.15) is 18.1 Å². The number of hydrogen-bond donors (Lipinski definition) is 1. The summed E-state index contributed by atoms with van der Waals surface area (Å²) in [7, 11) is 0. The van der Waals surface area contributed by atoms with Gasteiger partial charge in [-0.05, 0) is 61.8 Å². The number of halogens is 3. The van der Waals surface area contributed by atoms with E-state index >= 15 is 0 Å². The number of carbonyl (C=O) groups excluding carboxylic acids is 1. The van der Waals surface area contributed by atoms with Crippen LogP contribution in [0.5, 0.6) is 11.5 Å². The van der Waals surface area contributed by atoms with E-state index in [2.05, 4.69) is 19.9 Å². The largest absolute Gasteiger partial charge is 0.573 e. The average molecular weight is 500 g/mol. The first-order valence-corrected chi connectivity index (χ1v) is 11.9. The van der Waals surface area contributed by atoms with Crippen LogP contribution in [-0.4, -0.2) is 48.4 Å². The fraction of sp³-hybridized carbons (Fsp3) is 0.333. The fourth-order valence-corrected chi connectivity index (χ4v) is 4.29. The van der Waals surface area contributed by atoms with Crippen LogP contribution in [0, 0.1) is 5.92 Å². The molecule has 1 aliphatic heterocycles. The predicted molar refractivity (Wildman–Crippen MR) is 129 cm³/mol. The topological polar surface area (TPSA) is 63.7 Å². The zero-order chi connectivity index (χ0) is 25.4. The normalized spacial score (nSPS) is 14.9. The number of ether oxygens (including phenoxy) is 2. The number of benzene rings is 2. The summed E-state index contributed by atoms with van der Waals surface area (Å²) in [5.41, 5.74) is 1.05. The van der Waals surface area contributed by atoms with Crippen LogP contribution in [0.4, 0.5) is 13.2 Å². The Labute approximate surface area is 208 Å². The summed E-state index contributed by atoms with van der Waals surface area (Å²) in [6, 6.07) is 19.0. The molecule has 36 heavy (non-hydrogen) atoms. The Kier molecular flexibility index (Phi) is 8.43. The number of rotatable bonds is 9. The molecule has 3 aromatic rings. The summed E-state index contributed by atoms with van der Waals surface area (Å²) in [6.45, 7) is 3.00. The van der Waals surface area contributed by atoms with Gasteiger partial charge in [-0.25, -0.2) is 0 Å². The molecule has 0 spiro atoms. The Morgan fingerprint density at radius 2 is 1.75 bits per heavy atom.